The summed E-state index contributed by atoms with van der Waals surface area (Å²) in [6, 6.07) is 24.4. The molecular formula is C18H14BNO2. The van der Waals surface area contributed by atoms with Gasteiger partial charge in [0, 0.05) is 16.5 Å². The molecule has 106 valence electrons. The van der Waals surface area contributed by atoms with E-state index in [1.807, 2.05) is 42.5 Å². The fourth-order valence-corrected chi connectivity index (χ4v) is 3.02. The van der Waals surface area contributed by atoms with Crippen molar-refractivity contribution >= 4 is 29.5 Å². The first-order valence-corrected chi connectivity index (χ1v) is 7.21. The van der Waals surface area contributed by atoms with Crippen LogP contribution >= 0.6 is 0 Å². The molecule has 0 spiro atoms. The van der Waals surface area contributed by atoms with Gasteiger partial charge in [-0.05, 0) is 24.3 Å². The lowest BCUT2D eigenvalue weighted by Gasteiger charge is -2.11. The molecule has 0 saturated heterocycles. The largest absolute Gasteiger partial charge is 0.537 e. The Kier molecular flexibility index (Phi) is 3.09. The van der Waals surface area contributed by atoms with Gasteiger partial charge in [0.25, 0.3) is 0 Å². The van der Waals surface area contributed by atoms with Crippen molar-refractivity contribution in [3.63, 3.8) is 0 Å². The van der Waals surface area contributed by atoms with Crippen LogP contribution in [-0.2, 0) is 0 Å². The monoisotopic (exact) mass is 287 g/mol. The lowest BCUT2D eigenvalue weighted by atomic mass is 10.1. The van der Waals surface area contributed by atoms with Crippen LogP contribution in [0, 0.1) is 0 Å². The second kappa shape index (κ2) is 5.24. The van der Waals surface area contributed by atoms with Gasteiger partial charge in [-0.15, -0.1) is 0 Å². The van der Waals surface area contributed by atoms with Crippen LogP contribution in [0.1, 0.15) is 0 Å². The Morgan fingerprint density at radius 1 is 0.773 bits per heavy atom. The second-order valence-electron chi connectivity index (χ2n) is 5.11. The molecule has 0 aliphatic heterocycles. The zero-order chi connectivity index (χ0) is 14.9. The number of aromatic nitrogens is 1. The topological polar surface area (TPSA) is 34.4 Å². The van der Waals surface area contributed by atoms with Gasteiger partial charge in [0.15, 0.2) is 0 Å². The predicted octanol–water partition coefficient (Wildman–Crippen LogP) is 3.42. The predicted molar refractivity (Wildman–Crippen MR) is 90.8 cm³/mol. The lowest BCUT2D eigenvalue weighted by Crippen LogP contribution is -2.02. The molecule has 4 heteroatoms. The highest BCUT2D eigenvalue weighted by Crippen LogP contribution is 2.36. The highest BCUT2D eigenvalue weighted by molar-refractivity contribution is 6.19. The molecule has 0 saturated carbocycles. The van der Waals surface area contributed by atoms with E-state index in [9.17, 15) is 5.02 Å². The van der Waals surface area contributed by atoms with Crippen molar-refractivity contribution < 1.29 is 9.68 Å². The van der Waals surface area contributed by atoms with E-state index < -0.39 is 0 Å². The van der Waals surface area contributed by atoms with Gasteiger partial charge in [0.2, 0.25) is 0 Å². The lowest BCUT2D eigenvalue weighted by molar-refractivity contribution is 0.456. The Balaban J connectivity index is 2.19. The summed E-state index contributed by atoms with van der Waals surface area (Å²) >= 11 is 0. The molecule has 0 radical (unpaired) electrons. The van der Waals surface area contributed by atoms with E-state index in [-0.39, 0.29) is 7.69 Å². The van der Waals surface area contributed by atoms with Crippen LogP contribution in [0.3, 0.4) is 0 Å². The number of fused-ring (bicyclic) bond motifs is 3. The standard InChI is InChI=1S/C18H14BNO2/c21-19-22-17-12-6-10-15-14-9-4-5-11-16(14)20(18(15)17)13-7-2-1-3-8-13/h1-12,19,21H. The van der Waals surface area contributed by atoms with Crippen molar-refractivity contribution in [3.8, 4) is 11.4 Å². The van der Waals surface area contributed by atoms with Gasteiger partial charge >= 0.3 is 7.69 Å². The maximum atomic E-state index is 9.18. The number of rotatable bonds is 3. The van der Waals surface area contributed by atoms with Crippen molar-refractivity contribution in [3.05, 3.63) is 72.8 Å². The Morgan fingerprint density at radius 2 is 1.50 bits per heavy atom. The summed E-state index contributed by atoms with van der Waals surface area (Å²) in [6.45, 7) is 0. The van der Waals surface area contributed by atoms with E-state index in [0.717, 1.165) is 22.1 Å². The van der Waals surface area contributed by atoms with Crippen LogP contribution in [-0.4, -0.2) is 17.3 Å². The van der Waals surface area contributed by atoms with E-state index in [1.165, 1.54) is 5.39 Å². The fourth-order valence-electron chi connectivity index (χ4n) is 3.02. The molecule has 0 unspecified atom stereocenters. The SMILES string of the molecule is OBOc1cccc2c3ccccc3n(-c3ccccc3)c12. The second-order valence-corrected chi connectivity index (χ2v) is 5.11. The van der Waals surface area contributed by atoms with Crippen LogP contribution < -0.4 is 4.65 Å². The van der Waals surface area contributed by atoms with Crippen LogP contribution in [0.25, 0.3) is 27.5 Å². The molecule has 0 aliphatic rings. The highest BCUT2D eigenvalue weighted by atomic mass is 16.5. The molecular weight excluding hydrogens is 273 g/mol. The third kappa shape index (κ3) is 1.89. The number of benzene rings is 3. The number of nitrogens with zero attached hydrogens (tertiary/aromatic N) is 1. The first-order chi connectivity index (χ1) is 10.9. The van der Waals surface area contributed by atoms with E-state index in [1.54, 1.807) is 0 Å². The normalized spacial score (nSPS) is 11.0. The molecule has 4 aromatic rings. The average Bonchev–Trinajstić information content (AvgIpc) is 2.92. The zero-order valence-corrected chi connectivity index (χ0v) is 11.9. The number of hydrogen-bond acceptors (Lipinski definition) is 2. The third-order valence-corrected chi connectivity index (χ3v) is 3.89. The fraction of sp³-hybridized carbons (Fsp3) is 0. The molecule has 0 aliphatic carbocycles. The highest BCUT2D eigenvalue weighted by Gasteiger charge is 2.15. The summed E-state index contributed by atoms with van der Waals surface area (Å²) in [6.07, 6.45) is 0. The van der Waals surface area contributed by atoms with Crippen molar-refractivity contribution in [1.82, 2.24) is 4.57 Å². The molecule has 0 fully saturated rings. The van der Waals surface area contributed by atoms with Gasteiger partial charge in [-0.1, -0.05) is 48.5 Å². The average molecular weight is 287 g/mol. The van der Waals surface area contributed by atoms with Crippen LogP contribution in [0.5, 0.6) is 5.75 Å². The van der Waals surface area contributed by atoms with Gasteiger partial charge in [-0.3, -0.25) is 0 Å². The molecule has 1 N–H and O–H groups in total. The maximum Gasteiger partial charge on any atom is 0.504 e. The number of para-hydroxylation sites is 3. The summed E-state index contributed by atoms with van der Waals surface area (Å²) in [7, 11) is -0.338. The molecule has 0 amide bonds. The smallest absolute Gasteiger partial charge is 0.504 e. The van der Waals surface area contributed by atoms with Gasteiger partial charge in [0.05, 0.1) is 11.0 Å². The van der Waals surface area contributed by atoms with Gasteiger partial charge in [0.1, 0.15) is 5.75 Å². The Bertz CT molecular complexity index is 947. The maximum absolute atomic E-state index is 9.18. The molecule has 1 aromatic heterocycles. The van der Waals surface area contributed by atoms with Crippen molar-refractivity contribution in [2.24, 2.45) is 0 Å². The van der Waals surface area contributed by atoms with E-state index in [0.29, 0.717) is 5.75 Å². The minimum atomic E-state index is -0.338. The van der Waals surface area contributed by atoms with Crippen LogP contribution in [0.4, 0.5) is 0 Å². The van der Waals surface area contributed by atoms with Gasteiger partial charge < -0.3 is 14.2 Å². The summed E-state index contributed by atoms with van der Waals surface area (Å²) in [5.41, 5.74) is 3.17. The minimum absolute atomic E-state index is 0.338. The van der Waals surface area contributed by atoms with E-state index >= 15 is 0 Å². The van der Waals surface area contributed by atoms with E-state index in [2.05, 4.69) is 34.9 Å². The number of hydrogen-bond donors (Lipinski definition) is 1. The molecule has 4 rings (SSSR count). The first-order valence-electron chi connectivity index (χ1n) is 7.21. The minimum Gasteiger partial charge on any atom is -0.537 e. The van der Waals surface area contributed by atoms with Crippen molar-refractivity contribution in [2.75, 3.05) is 0 Å². The van der Waals surface area contributed by atoms with Crippen molar-refractivity contribution in [1.29, 1.82) is 0 Å². The molecule has 3 aromatic carbocycles. The molecule has 22 heavy (non-hydrogen) atoms. The summed E-state index contributed by atoms with van der Waals surface area (Å²) in [4.78, 5) is 0. The van der Waals surface area contributed by atoms with E-state index in [4.69, 9.17) is 4.65 Å². The zero-order valence-electron chi connectivity index (χ0n) is 11.9. The summed E-state index contributed by atoms with van der Waals surface area (Å²) < 4.78 is 7.62. The Morgan fingerprint density at radius 3 is 2.32 bits per heavy atom. The molecule has 1 heterocycles. The molecule has 3 nitrogen and oxygen atoms in total. The Hall–Kier alpha value is -2.72. The van der Waals surface area contributed by atoms with Gasteiger partial charge in [-0.2, -0.15) is 0 Å². The van der Waals surface area contributed by atoms with Crippen molar-refractivity contribution in [2.45, 2.75) is 0 Å². The summed E-state index contributed by atoms with van der Waals surface area (Å²) in [5.74, 6) is 0.681. The molecule has 0 bridgehead atoms. The molecule has 0 atom stereocenters. The summed E-state index contributed by atoms with van der Waals surface area (Å²) in [5, 5.41) is 11.5. The quantitative estimate of drug-likeness (QED) is 0.586. The Labute approximate surface area is 128 Å². The van der Waals surface area contributed by atoms with Crippen LogP contribution in [0.15, 0.2) is 72.8 Å². The third-order valence-electron chi connectivity index (χ3n) is 3.89. The first kappa shape index (κ1) is 13.0. The van der Waals surface area contributed by atoms with Gasteiger partial charge in [-0.25, -0.2) is 0 Å². The van der Waals surface area contributed by atoms with Crippen LogP contribution in [0.2, 0.25) is 0 Å².